The number of rotatable bonds is 5. The molecule has 0 atom stereocenters. The highest BCUT2D eigenvalue weighted by Crippen LogP contribution is 2.28. The molecular weight excluding hydrogens is 425 g/mol. The molecule has 0 unspecified atom stereocenters. The molecule has 3 nitrogen and oxygen atoms in total. The van der Waals surface area contributed by atoms with Crippen molar-refractivity contribution in [2.75, 3.05) is 5.73 Å². The van der Waals surface area contributed by atoms with Crippen molar-refractivity contribution >= 4 is 34.1 Å². The van der Waals surface area contributed by atoms with Crippen LogP contribution in [-0.2, 0) is 11.3 Å². The van der Waals surface area contributed by atoms with E-state index >= 15 is 0 Å². The summed E-state index contributed by atoms with van der Waals surface area (Å²) in [4.78, 5) is 0. The first-order chi connectivity index (χ1) is 11.5. The Morgan fingerprint density at radius 2 is 1.79 bits per heavy atom. The number of hydrogen-bond acceptors (Lipinski definition) is 3. The molecule has 2 aromatic carbocycles. The van der Waals surface area contributed by atoms with Gasteiger partial charge in [0.1, 0.15) is 18.2 Å². The molecule has 0 aliphatic heterocycles. The highest BCUT2D eigenvalue weighted by Gasteiger charge is 2.15. The van der Waals surface area contributed by atoms with Gasteiger partial charge in [0.25, 0.3) is 0 Å². The van der Waals surface area contributed by atoms with Crippen LogP contribution in [0.2, 0.25) is 0 Å². The third-order valence-corrected chi connectivity index (χ3v) is 3.60. The second-order valence-electron chi connectivity index (χ2n) is 4.67. The van der Waals surface area contributed by atoms with Crippen LogP contribution in [0.15, 0.2) is 48.3 Å². The first kappa shape index (κ1) is 20.2. The van der Waals surface area contributed by atoms with Gasteiger partial charge in [-0.3, -0.25) is 3.53 Å². The van der Waals surface area contributed by atoms with Crippen molar-refractivity contribution in [2.24, 2.45) is 0 Å². The van der Waals surface area contributed by atoms with Crippen LogP contribution in [0.5, 0.6) is 0 Å². The molecule has 130 valence electrons. The Morgan fingerprint density at radius 3 is 2.33 bits per heavy atom. The standard InChI is InChI=1S/C16H15F2IN2O.C2H6/c1-10(15-13(18)7-12(17)8-14(15)20)16(21-19)22-9-11-5-3-2-4-6-11;1-2/h2-8,21H,9,20H2,1H3;1-2H3/b16-10-;. The average Bonchev–Trinajstić information content (AvgIpc) is 2.57. The number of nitrogens with one attached hydrogen (secondary N) is 1. The van der Waals surface area contributed by atoms with Crippen molar-refractivity contribution in [3.05, 3.63) is 71.1 Å². The van der Waals surface area contributed by atoms with Crippen molar-refractivity contribution in [3.8, 4) is 0 Å². The second kappa shape index (κ2) is 10.1. The minimum Gasteiger partial charge on any atom is -0.474 e. The minimum absolute atomic E-state index is 0.0301. The maximum atomic E-state index is 14.0. The molecule has 3 N–H and O–H groups in total. The van der Waals surface area contributed by atoms with E-state index in [0.717, 1.165) is 17.7 Å². The Bertz CT molecular complexity index is 668. The topological polar surface area (TPSA) is 47.3 Å². The Hall–Kier alpha value is -1.83. The molecule has 24 heavy (non-hydrogen) atoms. The van der Waals surface area contributed by atoms with Gasteiger partial charge in [0.05, 0.1) is 22.9 Å². The number of ether oxygens (including phenoxy) is 1. The lowest BCUT2D eigenvalue weighted by molar-refractivity contribution is 0.193. The Morgan fingerprint density at radius 1 is 1.17 bits per heavy atom. The normalized spacial score (nSPS) is 11.1. The smallest absolute Gasteiger partial charge is 0.199 e. The number of halogens is 3. The van der Waals surface area contributed by atoms with Gasteiger partial charge in [-0.2, -0.15) is 0 Å². The van der Waals surface area contributed by atoms with Gasteiger partial charge in [-0.1, -0.05) is 44.2 Å². The fourth-order valence-electron chi connectivity index (χ4n) is 2.04. The van der Waals surface area contributed by atoms with E-state index in [0.29, 0.717) is 18.1 Å². The molecule has 0 fully saturated rings. The highest BCUT2D eigenvalue weighted by molar-refractivity contribution is 14.1. The van der Waals surface area contributed by atoms with Gasteiger partial charge in [0.15, 0.2) is 5.88 Å². The minimum atomic E-state index is -0.720. The van der Waals surface area contributed by atoms with Gasteiger partial charge in [-0.15, -0.1) is 0 Å². The largest absolute Gasteiger partial charge is 0.474 e. The summed E-state index contributed by atoms with van der Waals surface area (Å²) in [6.45, 7) is 5.99. The van der Waals surface area contributed by atoms with Crippen molar-refractivity contribution in [3.63, 3.8) is 0 Å². The van der Waals surface area contributed by atoms with Crippen LogP contribution in [-0.4, -0.2) is 0 Å². The van der Waals surface area contributed by atoms with Crippen LogP contribution in [0.3, 0.4) is 0 Å². The summed E-state index contributed by atoms with van der Waals surface area (Å²) in [5, 5.41) is 0. The lowest BCUT2D eigenvalue weighted by atomic mass is 10.0. The van der Waals surface area contributed by atoms with Gasteiger partial charge in [0, 0.05) is 22.9 Å². The zero-order valence-corrected chi connectivity index (χ0v) is 16.0. The van der Waals surface area contributed by atoms with Gasteiger partial charge < -0.3 is 10.5 Å². The van der Waals surface area contributed by atoms with Crippen LogP contribution in [0.25, 0.3) is 5.57 Å². The lowest BCUT2D eigenvalue weighted by Crippen LogP contribution is -2.09. The van der Waals surface area contributed by atoms with Crippen LogP contribution in [0.4, 0.5) is 14.5 Å². The van der Waals surface area contributed by atoms with Crippen LogP contribution in [0.1, 0.15) is 31.9 Å². The lowest BCUT2D eigenvalue weighted by Gasteiger charge is -2.15. The van der Waals surface area contributed by atoms with E-state index in [1.807, 2.05) is 67.0 Å². The zero-order chi connectivity index (χ0) is 18.1. The van der Waals surface area contributed by atoms with Crippen LogP contribution >= 0.6 is 22.9 Å². The summed E-state index contributed by atoms with van der Waals surface area (Å²) in [6, 6.07) is 11.5. The van der Waals surface area contributed by atoms with Crippen molar-refractivity contribution in [2.45, 2.75) is 27.4 Å². The van der Waals surface area contributed by atoms with E-state index in [2.05, 4.69) is 3.53 Å². The molecule has 0 heterocycles. The molecule has 0 saturated heterocycles. The van der Waals surface area contributed by atoms with Crippen molar-refractivity contribution < 1.29 is 13.5 Å². The van der Waals surface area contributed by atoms with E-state index in [-0.39, 0.29) is 11.3 Å². The van der Waals surface area contributed by atoms with E-state index in [9.17, 15) is 8.78 Å². The fourth-order valence-corrected chi connectivity index (χ4v) is 2.60. The van der Waals surface area contributed by atoms with Crippen LogP contribution in [0, 0.1) is 11.6 Å². The first-order valence-corrected chi connectivity index (χ1v) is 8.60. The Balaban J connectivity index is 0.00000139. The first-order valence-electron chi connectivity index (χ1n) is 7.52. The zero-order valence-electron chi connectivity index (χ0n) is 13.9. The summed E-state index contributed by atoms with van der Waals surface area (Å²) in [5.41, 5.74) is 7.34. The molecule has 0 spiro atoms. The summed E-state index contributed by atoms with van der Waals surface area (Å²) < 4.78 is 35.7. The number of benzene rings is 2. The molecule has 0 radical (unpaired) electrons. The fraction of sp³-hybridized carbons (Fsp3) is 0.222. The number of hydrogen-bond donors (Lipinski definition) is 2. The molecule has 0 aromatic heterocycles. The predicted octanol–water partition coefficient (Wildman–Crippen LogP) is 5.42. The molecule has 0 aliphatic carbocycles. The summed E-state index contributed by atoms with van der Waals surface area (Å²) >= 11 is 1.89. The van der Waals surface area contributed by atoms with Gasteiger partial charge in [-0.05, 0) is 18.6 Å². The molecule has 0 bridgehead atoms. The SMILES string of the molecule is C/C(=C(\NI)OCc1ccccc1)c1c(N)cc(F)cc1F.CC. The second-order valence-corrected chi connectivity index (χ2v) is 5.21. The third-order valence-electron chi connectivity index (χ3n) is 3.11. The number of anilines is 1. The van der Waals surface area contributed by atoms with Gasteiger partial charge in [0.2, 0.25) is 0 Å². The Kier molecular flexibility index (Phi) is 8.53. The van der Waals surface area contributed by atoms with E-state index in [4.69, 9.17) is 10.5 Å². The molecular formula is C18H21F2IN2O. The summed E-state index contributed by atoms with van der Waals surface area (Å²) in [6.07, 6.45) is 0. The molecule has 2 aromatic rings. The average molecular weight is 446 g/mol. The predicted molar refractivity (Wildman–Crippen MR) is 103 cm³/mol. The monoisotopic (exact) mass is 446 g/mol. The molecule has 0 aliphatic rings. The molecule has 0 saturated carbocycles. The maximum Gasteiger partial charge on any atom is 0.199 e. The number of nitrogens with two attached hydrogens (primary N) is 1. The molecule has 0 amide bonds. The van der Waals surface area contributed by atoms with Crippen molar-refractivity contribution in [1.82, 2.24) is 3.53 Å². The molecule has 2 rings (SSSR count). The van der Waals surface area contributed by atoms with Crippen molar-refractivity contribution in [1.29, 1.82) is 0 Å². The van der Waals surface area contributed by atoms with E-state index in [1.54, 1.807) is 6.92 Å². The number of allylic oxidation sites excluding steroid dienone is 1. The Labute approximate surface area is 155 Å². The quantitative estimate of drug-likeness (QED) is 0.279. The summed E-state index contributed by atoms with van der Waals surface area (Å²) in [5.74, 6) is -1.05. The van der Waals surface area contributed by atoms with E-state index in [1.165, 1.54) is 0 Å². The van der Waals surface area contributed by atoms with Crippen LogP contribution < -0.4 is 9.26 Å². The third kappa shape index (κ3) is 5.36. The van der Waals surface area contributed by atoms with Gasteiger partial charge in [-0.25, -0.2) is 8.78 Å². The van der Waals surface area contributed by atoms with Gasteiger partial charge >= 0.3 is 0 Å². The van der Waals surface area contributed by atoms with E-state index < -0.39 is 11.6 Å². The maximum absolute atomic E-state index is 14.0. The summed E-state index contributed by atoms with van der Waals surface area (Å²) in [7, 11) is 0. The molecule has 6 heteroatoms. The number of nitrogen functional groups attached to an aromatic ring is 1. The highest BCUT2D eigenvalue weighted by atomic mass is 127.